The Balaban J connectivity index is 1.52. The van der Waals surface area contributed by atoms with E-state index in [9.17, 15) is 9.59 Å². The first-order valence-corrected chi connectivity index (χ1v) is 12.0. The van der Waals surface area contributed by atoms with Gasteiger partial charge in [0.15, 0.2) is 0 Å². The lowest BCUT2D eigenvalue weighted by molar-refractivity contribution is 0.102. The van der Waals surface area contributed by atoms with Crippen molar-refractivity contribution in [2.45, 2.75) is 57.4 Å². The summed E-state index contributed by atoms with van der Waals surface area (Å²) in [5.74, 6) is -0.279. The molecule has 0 aromatic heterocycles. The van der Waals surface area contributed by atoms with Crippen molar-refractivity contribution < 1.29 is 9.59 Å². The van der Waals surface area contributed by atoms with E-state index in [2.05, 4.69) is 20.9 Å². The normalized spacial score (nSPS) is 17.0. The number of hydrogen-bond donors (Lipinski definition) is 3. The fraction of sp³-hybridized carbons (Fsp3) is 0.440. The van der Waals surface area contributed by atoms with Crippen molar-refractivity contribution in [3.63, 3.8) is 0 Å². The van der Waals surface area contributed by atoms with Gasteiger partial charge in [0.25, 0.3) is 5.91 Å². The minimum absolute atomic E-state index is 0.190. The standard InChI is InChI=1S/C25H31ClN4O2/c26-21-12-6-5-11-20(21)24(31)27-19-13-14-23(30-15-7-2-8-16-30)22(17-19)29-25(32)28-18-9-3-1-4-10-18/h5-6,11-14,17-18H,1-4,7-10,15-16H2,(H,27,31)(H2,28,29,32). The summed E-state index contributed by atoms with van der Waals surface area (Å²) >= 11 is 6.17. The lowest BCUT2D eigenvalue weighted by atomic mass is 9.96. The highest BCUT2D eigenvalue weighted by atomic mass is 35.5. The van der Waals surface area contributed by atoms with Gasteiger partial charge in [0.05, 0.1) is 22.0 Å². The Hall–Kier alpha value is -2.73. The first-order chi connectivity index (χ1) is 15.6. The van der Waals surface area contributed by atoms with Crippen molar-refractivity contribution in [2.24, 2.45) is 0 Å². The van der Waals surface area contributed by atoms with E-state index in [0.717, 1.165) is 57.3 Å². The molecule has 3 amide bonds. The van der Waals surface area contributed by atoms with Crippen LogP contribution in [0.3, 0.4) is 0 Å². The number of carbonyl (C=O) groups excluding carboxylic acids is 2. The summed E-state index contributed by atoms with van der Waals surface area (Å²) in [5, 5.41) is 9.48. The van der Waals surface area contributed by atoms with E-state index in [0.29, 0.717) is 22.0 Å². The molecule has 1 saturated heterocycles. The Morgan fingerprint density at radius 1 is 0.875 bits per heavy atom. The van der Waals surface area contributed by atoms with Crippen LogP contribution in [0.2, 0.25) is 5.02 Å². The number of halogens is 1. The van der Waals surface area contributed by atoms with E-state index in [1.165, 1.54) is 12.8 Å². The van der Waals surface area contributed by atoms with Crippen LogP contribution in [0.15, 0.2) is 42.5 Å². The third-order valence-corrected chi connectivity index (χ3v) is 6.59. The number of benzene rings is 2. The molecule has 4 rings (SSSR count). The van der Waals surface area contributed by atoms with Crippen molar-refractivity contribution >= 4 is 40.6 Å². The second-order valence-corrected chi connectivity index (χ2v) is 9.05. The number of hydrogen-bond acceptors (Lipinski definition) is 3. The molecule has 3 N–H and O–H groups in total. The molecule has 1 saturated carbocycles. The van der Waals surface area contributed by atoms with Crippen LogP contribution in [0.4, 0.5) is 21.9 Å². The van der Waals surface area contributed by atoms with E-state index >= 15 is 0 Å². The first kappa shape index (κ1) is 22.5. The molecule has 0 radical (unpaired) electrons. The molecule has 1 heterocycles. The number of amides is 3. The summed E-state index contributed by atoms with van der Waals surface area (Å²) in [5.41, 5.74) is 2.72. The fourth-order valence-corrected chi connectivity index (χ4v) is 4.78. The van der Waals surface area contributed by atoms with Crippen LogP contribution >= 0.6 is 11.6 Å². The van der Waals surface area contributed by atoms with Gasteiger partial charge in [-0.15, -0.1) is 0 Å². The lowest BCUT2D eigenvalue weighted by Gasteiger charge is -2.31. The topological polar surface area (TPSA) is 73.5 Å². The number of carbonyl (C=O) groups is 2. The number of nitrogens with zero attached hydrogens (tertiary/aromatic N) is 1. The number of anilines is 3. The smallest absolute Gasteiger partial charge is 0.319 e. The Morgan fingerprint density at radius 2 is 1.59 bits per heavy atom. The van der Waals surface area contributed by atoms with Crippen molar-refractivity contribution in [1.29, 1.82) is 0 Å². The molecule has 1 aliphatic heterocycles. The Morgan fingerprint density at radius 3 is 2.34 bits per heavy atom. The zero-order valence-electron chi connectivity index (χ0n) is 18.3. The molecular formula is C25H31ClN4O2. The predicted molar refractivity (Wildman–Crippen MR) is 131 cm³/mol. The van der Waals surface area contributed by atoms with Gasteiger partial charge < -0.3 is 20.9 Å². The van der Waals surface area contributed by atoms with Gasteiger partial charge in [-0.2, -0.15) is 0 Å². The van der Waals surface area contributed by atoms with E-state index in [1.807, 2.05) is 18.2 Å². The van der Waals surface area contributed by atoms with Gasteiger partial charge in [0.2, 0.25) is 0 Å². The van der Waals surface area contributed by atoms with Crippen molar-refractivity contribution in [3.8, 4) is 0 Å². The first-order valence-electron chi connectivity index (χ1n) is 11.6. The SMILES string of the molecule is O=C(Nc1cc(NC(=O)c2ccccc2Cl)ccc1N1CCCCC1)NC1CCCCC1. The number of piperidine rings is 1. The predicted octanol–water partition coefficient (Wildman–Crippen LogP) is 6.04. The van der Waals surface area contributed by atoms with Crippen molar-refractivity contribution in [3.05, 3.63) is 53.1 Å². The summed E-state index contributed by atoms with van der Waals surface area (Å²) in [4.78, 5) is 27.8. The van der Waals surface area contributed by atoms with Crippen molar-refractivity contribution in [1.82, 2.24) is 5.32 Å². The molecule has 32 heavy (non-hydrogen) atoms. The van der Waals surface area contributed by atoms with E-state index in [1.54, 1.807) is 24.3 Å². The van der Waals surface area contributed by atoms with Crippen LogP contribution < -0.4 is 20.9 Å². The minimum Gasteiger partial charge on any atom is -0.370 e. The maximum atomic E-state index is 12.8. The quantitative estimate of drug-likeness (QED) is 0.515. The Labute approximate surface area is 194 Å². The number of nitrogens with one attached hydrogen (secondary N) is 3. The summed E-state index contributed by atoms with van der Waals surface area (Å²) in [6, 6.07) is 12.7. The van der Waals surface area contributed by atoms with Crippen LogP contribution in [-0.4, -0.2) is 31.1 Å². The third-order valence-electron chi connectivity index (χ3n) is 6.26. The number of urea groups is 1. The molecule has 0 bridgehead atoms. The molecule has 7 heteroatoms. The van der Waals surface area contributed by atoms with Crippen LogP contribution in [-0.2, 0) is 0 Å². The fourth-order valence-electron chi connectivity index (χ4n) is 4.56. The van der Waals surface area contributed by atoms with E-state index < -0.39 is 0 Å². The number of rotatable bonds is 5. The average molecular weight is 455 g/mol. The monoisotopic (exact) mass is 454 g/mol. The maximum Gasteiger partial charge on any atom is 0.319 e. The molecule has 170 valence electrons. The van der Waals surface area contributed by atoms with E-state index in [-0.39, 0.29) is 18.0 Å². The second kappa shape index (κ2) is 10.7. The zero-order valence-corrected chi connectivity index (χ0v) is 19.1. The van der Waals surface area contributed by atoms with Crippen molar-refractivity contribution in [2.75, 3.05) is 28.6 Å². The van der Waals surface area contributed by atoms with Crippen LogP contribution in [0.1, 0.15) is 61.7 Å². The minimum atomic E-state index is -0.279. The summed E-state index contributed by atoms with van der Waals surface area (Å²) in [6.45, 7) is 1.93. The Kier molecular flexibility index (Phi) is 7.53. The van der Waals surface area contributed by atoms with Gasteiger partial charge >= 0.3 is 6.03 Å². The van der Waals surface area contributed by atoms with Crippen LogP contribution in [0, 0.1) is 0 Å². The highest BCUT2D eigenvalue weighted by Gasteiger charge is 2.20. The summed E-state index contributed by atoms with van der Waals surface area (Å²) in [7, 11) is 0. The summed E-state index contributed by atoms with van der Waals surface area (Å²) < 4.78 is 0. The molecule has 6 nitrogen and oxygen atoms in total. The molecule has 0 unspecified atom stereocenters. The zero-order chi connectivity index (χ0) is 22.3. The average Bonchev–Trinajstić information content (AvgIpc) is 2.80. The van der Waals surface area contributed by atoms with Crippen LogP contribution in [0.5, 0.6) is 0 Å². The lowest BCUT2D eigenvalue weighted by Crippen LogP contribution is -2.39. The largest absolute Gasteiger partial charge is 0.370 e. The van der Waals surface area contributed by atoms with Gasteiger partial charge in [-0.05, 0) is 62.4 Å². The third kappa shape index (κ3) is 5.74. The van der Waals surface area contributed by atoms with Crippen LogP contribution in [0.25, 0.3) is 0 Å². The highest BCUT2D eigenvalue weighted by Crippen LogP contribution is 2.32. The molecule has 2 aromatic rings. The van der Waals surface area contributed by atoms with E-state index in [4.69, 9.17) is 11.6 Å². The van der Waals surface area contributed by atoms with Gasteiger partial charge in [-0.25, -0.2) is 4.79 Å². The maximum absolute atomic E-state index is 12.8. The molecule has 2 aromatic carbocycles. The van der Waals surface area contributed by atoms with Gasteiger partial charge in [-0.3, -0.25) is 4.79 Å². The molecule has 0 spiro atoms. The molecule has 2 aliphatic rings. The molecule has 0 atom stereocenters. The van der Waals surface area contributed by atoms with Gasteiger partial charge in [-0.1, -0.05) is 43.0 Å². The van der Waals surface area contributed by atoms with Gasteiger partial charge in [0, 0.05) is 24.8 Å². The summed E-state index contributed by atoms with van der Waals surface area (Å²) in [6.07, 6.45) is 9.12. The highest BCUT2D eigenvalue weighted by molar-refractivity contribution is 6.34. The molecule has 2 fully saturated rings. The Bertz CT molecular complexity index is 953. The molecule has 1 aliphatic carbocycles. The molecular weight excluding hydrogens is 424 g/mol. The van der Waals surface area contributed by atoms with Gasteiger partial charge in [0.1, 0.15) is 0 Å². The second-order valence-electron chi connectivity index (χ2n) is 8.65.